The predicted molar refractivity (Wildman–Crippen MR) is 76.7 cm³/mol. The van der Waals surface area contributed by atoms with E-state index in [-0.39, 0.29) is 5.69 Å². The van der Waals surface area contributed by atoms with Crippen molar-refractivity contribution in [3.63, 3.8) is 0 Å². The molecule has 3 nitrogen and oxygen atoms in total. The van der Waals surface area contributed by atoms with E-state index in [9.17, 15) is 13.2 Å². The molecule has 0 saturated carbocycles. The topological polar surface area (TPSA) is 41.8 Å². The van der Waals surface area contributed by atoms with Crippen LogP contribution in [0.5, 0.6) is 0 Å². The molecule has 1 N–H and O–H groups in total. The molecule has 9 heteroatoms. The van der Waals surface area contributed by atoms with E-state index in [4.69, 9.17) is 4.42 Å². The van der Waals surface area contributed by atoms with Gasteiger partial charge in [-0.05, 0) is 18.2 Å². The second-order valence-corrected chi connectivity index (χ2v) is 8.84. The number of halogens is 5. The Balaban J connectivity index is 0.000000497. The summed E-state index contributed by atoms with van der Waals surface area (Å²) in [5.74, 6) is 0.308. The number of benzene rings is 1. The van der Waals surface area contributed by atoms with Crippen molar-refractivity contribution in [3.8, 4) is 11.5 Å². The number of rotatable bonds is 1. The Bertz CT molecular complexity index is 693. The Morgan fingerprint density at radius 1 is 1.14 bits per heavy atom. The van der Waals surface area contributed by atoms with Gasteiger partial charge in [0.05, 0.1) is 0 Å². The molecule has 0 amide bonds. The number of alkyl halides is 3. The number of hydrogen-bond acceptors (Lipinski definition) is 2. The Morgan fingerprint density at radius 2 is 1.81 bits per heavy atom. The average Bonchev–Trinajstić information content (AvgIpc) is 3.05. The van der Waals surface area contributed by atoms with E-state index >= 15 is 0 Å². The Kier molecular flexibility index (Phi) is 5.51. The summed E-state index contributed by atoms with van der Waals surface area (Å²) >= 11 is 6.00. The van der Waals surface area contributed by atoms with Crippen LogP contribution >= 0.6 is 28.5 Å². The van der Waals surface area contributed by atoms with Gasteiger partial charge >= 0.3 is 45.5 Å². The zero-order chi connectivity index (χ0) is 15.5. The third-order valence-electron chi connectivity index (χ3n) is 2.56. The zero-order valence-electron chi connectivity index (χ0n) is 10.0. The Labute approximate surface area is 137 Å². The molecular formula is C12H7Br2F3N2NiO. The molecule has 0 saturated heterocycles. The van der Waals surface area contributed by atoms with Gasteiger partial charge in [-0.1, -0.05) is 18.2 Å². The molecular weight excluding hydrogens is 464 g/mol. The second kappa shape index (κ2) is 6.98. The van der Waals surface area contributed by atoms with Crippen LogP contribution < -0.4 is 0 Å². The monoisotopic (exact) mass is 468 g/mol. The maximum absolute atomic E-state index is 12.4. The van der Waals surface area contributed by atoms with E-state index in [1.54, 1.807) is 18.2 Å². The average molecular weight is 471 g/mol. The van der Waals surface area contributed by atoms with Crippen molar-refractivity contribution in [1.82, 2.24) is 10.2 Å². The molecule has 0 atom stereocenters. The molecule has 1 aromatic carbocycles. The van der Waals surface area contributed by atoms with Crippen LogP contribution in [-0.4, -0.2) is 10.2 Å². The third-order valence-corrected chi connectivity index (χ3v) is 2.56. The van der Waals surface area contributed by atoms with Crippen molar-refractivity contribution in [1.29, 1.82) is 0 Å². The van der Waals surface area contributed by atoms with Gasteiger partial charge in [-0.15, -0.1) is 0 Å². The van der Waals surface area contributed by atoms with E-state index < -0.39 is 11.9 Å². The van der Waals surface area contributed by atoms with Crippen LogP contribution in [0.1, 0.15) is 5.69 Å². The minimum absolute atomic E-state index is 0.138. The molecule has 0 radical (unpaired) electrons. The van der Waals surface area contributed by atoms with E-state index in [0.29, 0.717) is 11.3 Å². The van der Waals surface area contributed by atoms with Gasteiger partial charge in [-0.3, -0.25) is 5.10 Å². The van der Waals surface area contributed by atoms with Gasteiger partial charge in [-0.25, -0.2) is 0 Å². The quantitative estimate of drug-likeness (QED) is 0.475. The number of aromatic amines is 1. The van der Waals surface area contributed by atoms with Crippen LogP contribution in [0, 0.1) is 0 Å². The summed E-state index contributed by atoms with van der Waals surface area (Å²) in [5, 5.41) is 6.39. The van der Waals surface area contributed by atoms with Gasteiger partial charge in [0, 0.05) is 5.39 Å². The summed E-state index contributed by atoms with van der Waals surface area (Å²) in [4.78, 5) is 0. The zero-order valence-corrected chi connectivity index (χ0v) is 14.2. The van der Waals surface area contributed by atoms with Crippen LogP contribution in [0.4, 0.5) is 13.2 Å². The SMILES string of the molecule is FC(F)(F)c1cc(-c2cc3ccccc3o2)n[nH]1.[Br][Ni][Br]. The first-order chi connectivity index (χ1) is 9.95. The summed E-state index contributed by atoms with van der Waals surface area (Å²) in [6.45, 7) is 0. The summed E-state index contributed by atoms with van der Waals surface area (Å²) in [6.07, 6.45) is -4.43. The molecule has 21 heavy (non-hydrogen) atoms. The van der Waals surface area contributed by atoms with E-state index in [1.165, 1.54) is 10.9 Å². The van der Waals surface area contributed by atoms with Crippen molar-refractivity contribution in [3.05, 3.63) is 42.1 Å². The molecule has 2 aromatic heterocycles. The standard InChI is InChI=1S/C12H7F3N2O.2BrH.Ni/c13-12(14,15)11-6-8(16-17-11)10-5-7-3-1-2-4-9(7)18-10;;;/h1-6H,(H,16,17);2*1H;/q;;;+2/p-2. The Hall–Kier alpha value is -0.786. The summed E-state index contributed by atoms with van der Waals surface area (Å²) in [7, 11) is 1.25. The first-order valence-electron chi connectivity index (χ1n) is 5.39. The number of furan rings is 1. The van der Waals surface area contributed by atoms with Crippen molar-refractivity contribution < 1.29 is 28.5 Å². The van der Waals surface area contributed by atoms with E-state index in [0.717, 1.165) is 11.5 Å². The molecule has 0 aliphatic rings. The molecule has 116 valence electrons. The maximum atomic E-state index is 12.4. The number of H-pyrrole nitrogens is 1. The summed E-state index contributed by atoms with van der Waals surface area (Å²) < 4.78 is 42.7. The third kappa shape index (κ3) is 4.11. The predicted octanol–water partition coefficient (Wildman–Crippen LogP) is 5.53. The van der Waals surface area contributed by atoms with Crippen molar-refractivity contribution >= 4 is 39.4 Å². The first kappa shape index (κ1) is 16.6. The number of fused-ring (bicyclic) bond motifs is 1. The fourth-order valence-corrected chi connectivity index (χ4v) is 1.70. The molecule has 0 aliphatic carbocycles. The number of nitrogens with zero attached hydrogens (tertiary/aromatic N) is 1. The van der Waals surface area contributed by atoms with Crippen LogP contribution in [0.2, 0.25) is 0 Å². The van der Waals surface area contributed by atoms with Crippen molar-refractivity contribution in [2.45, 2.75) is 6.18 Å². The van der Waals surface area contributed by atoms with Gasteiger partial charge < -0.3 is 4.42 Å². The van der Waals surface area contributed by atoms with Gasteiger partial charge in [0.1, 0.15) is 17.0 Å². The second-order valence-electron chi connectivity index (χ2n) is 3.86. The molecule has 2 heterocycles. The number of nitrogens with one attached hydrogen (secondary N) is 1. The summed E-state index contributed by atoms with van der Waals surface area (Å²) in [5.41, 5.74) is -0.138. The van der Waals surface area contributed by atoms with Crippen LogP contribution in [0.25, 0.3) is 22.4 Å². The van der Waals surface area contributed by atoms with E-state index in [1.807, 2.05) is 17.2 Å². The molecule has 3 aromatic rings. The van der Waals surface area contributed by atoms with Gasteiger partial charge in [0.2, 0.25) is 0 Å². The fraction of sp³-hybridized carbons (Fsp3) is 0.0833. The van der Waals surface area contributed by atoms with Crippen molar-refractivity contribution in [2.24, 2.45) is 0 Å². The molecule has 0 aliphatic heterocycles. The number of hydrogen-bond donors (Lipinski definition) is 1. The van der Waals surface area contributed by atoms with E-state index in [2.05, 4.69) is 33.5 Å². The molecule has 0 spiro atoms. The first-order valence-corrected chi connectivity index (χ1v) is 10.3. The normalized spacial score (nSPS) is 11.5. The van der Waals surface area contributed by atoms with Crippen LogP contribution in [0.3, 0.4) is 0 Å². The van der Waals surface area contributed by atoms with Crippen LogP contribution in [-0.2, 0) is 17.1 Å². The van der Waals surface area contributed by atoms with Gasteiger partial charge in [0.15, 0.2) is 5.76 Å². The fourth-order valence-electron chi connectivity index (χ4n) is 1.70. The molecule has 3 rings (SSSR count). The number of aromatic nitrogens is 2. The Morgan fingerprint density at radius 3 is 2.38 bits per heavy atom. The molecule has 0 bridgehead atoms. The minimum atomic E-state index is -4.43. The summed E-state index contributed by atoms with van der Waals surface area (Å²) in [6, 6.07) is 9.77. The number of para-hydroxylation sites is 1. The van der Waals surface area contributed by atoms with Gasteiger partial charge in [-0.2, -0.15) is 18.3 Å². The van der Waals surface area contributed by atoms with Gasteiger partial charge in [0.25, 0.3) is 0 Å². The van der Waals surface area contributed by atoms with Crippen LogP contribution in [0.15, 0.2) is 40.8 Å². The molecule has 0 unspecified atom stereocenters. The van der Waals surface area contributed by atoms with Crippen molar-refractivity contribution in [2.75, 3.05) is 0 Å². The molecule has 0 fully saturated rings.